The zero-order valence-electron chi connectivity index (χ0n) is 16.0. The van der Waals surface area contributed by atoms with Crippen LogP contribution in [0.3, 0.4) is 0 Å². The molecule has 2 aromatic heterocycles. The Labute approximate surface area is 168 Å². The summed E-state index contributed by atoms with van der Waals surface area (Å²) in [6.45, 7) is 3.15. The molecule has 3 aromatic rings. The SMILES string of the molecule is Fc1ccc2[nH]c3c(c2c1)CCOC31CCC(c2cccs2)(N2CCC2)CC1. The van der Waals surface area contributed by atoms with Crippen molar-refractivity contribution in [2.45, 2.75) is 49.7 Å². The molecule has 146 valence electrons. The lowest BCUT2D eigenvalue weighted by atomic mass is 9.69. The number of benzene rings is 1. The second kappa shape index (κ2) is 6.15. The van der Waals surface area contributed by atoms with Crippen LogP contribution in [0, 0.1) is 5.82 Å². The van der Waals surface area contributed by atoms with Crippen LogP contribution in [0.5, 0.6) is 0 Å². The van der Waals surface area contributed by atoms with Gasteiger partial charge >= 0.3 is 0 Å². The molecule has 2 fully saturated rings. The van der Waals surface area contributed by atoms with E-state index >= 15 is 0 Å². The van der Waals surface area contributed by atoms with Gasteiger partial charge in [0.25, 0.3) is 0 Å². The molecule has 2 aliphatic heterocycles. The molecule has 1 aliphatic carbocycles. The zero-order chi connectivity index (χ0) is 18.8. The van der Waals surface area contributed by atoms with E-state index in [1.54, 1.807) is 12.1 Å². The van der Waals surface area contributed by atoms with Gasteiger partial charge in [-0.25, -0.2) is 4.39 Å². The summed E-state index contributed by atoms with van der Waals surface area (Å²) >= 11 is 1.90. The largest absolute Gasteiger partial charge is 0.368 e. The Balaban J connectivity index is 1.39. The maximum absolute atomic E-state index is 13.9. The Morgan fingerprint density at radius 3 is 2.68 bits per heavy atom. The van der Waals surface area contributed by atoms with Crippen LogP contribution in [-0.4, -0.2) is 29.6 Å². The van der Waals surface area contributed by atoms with E-state index in [1.807, 2.05) is 17.4 Å². The van der Waals surface area contributed by atoms with Gasteiger partial charge in [-0.3, -0.25) is 4.90 Å². The van der Waals surface area contributed by atoms with Crippen LogP contribution >= 0.6 is 11.3 Å². The Kier molecular flexibility index (Phi) is 3.78. The number of likely N-dealkylation sites (tertiary alicyclic amines) is 1. The molecule has 4 heterocycles. The zero-order valence-corrected chi connectivity index (χ0v) is 16.8. The summed E-state index contributed by atoms with van der Waals surface area (Å²) in [4.78, 5) is 7.82. The first-order valence-electron chi connectivity index (χ1n) is 10.4. The van der Waals surface area contributed by atoms with E-state index in [1.165, 1.54) is 35.6 Å². The van der Waals surface area contributed by atoms with E-state index in [0.29, 0.717) is 0 Å². The van der Waals surface area contributed by atoms with Crippen molar-refractivity contribution in [2.24, 2.45) is 0 Å². The second-order valence-electron chi connectivity index (χ2n) is 8.61. The van der Waals surface area contributed by atoms with E-state index in [9.17, 15) is 4.39 Å². The van der Waals surface area contributed by atoms with Gasteiger partial charge in [0.05, 0.1) is 17.8 Å². The van der Waals surface area contributed by atoms with Gasteiger partial charge in [-0.2, -0.15) is 0 Å². The van der Waals surface area contributed by atoms with Crippen molar-refractivity contribution >= 4 is 22.2 Å². The molecule has 1 aromatic carbocycles. The maximum Gasteiger partial charge on any atom is 0.123 e. The Bertz CT molecular complexity index is 1010. The van der Waals surface area contributed by atoms with Crippen LogP contribution in [0.25, 0.3) is 10.9 Å². The summed E-state index contributed by atoms with van der Waals surface area (Å²) in [5, 5.41) is 3.25. The third-order valence-corrected chi connectivity index (χ3v) is 8.44. The molecule has 3 nitrogen and oxygen atoms in total. The molecule has 0 radical (unpaired) electrons. The van der Waals surface area contributed by atoms with E-state index in [2.05, 4.69) is 27.4 Å². The number of hydrogen-bond donors (Lipinski definition) is 1. The molecule has 1 spiro atoms. The van der Waals surface area contributed by atoms with Crippen molar-refractivity contribution in [3.05, 3.63) is 57.7 Å². The number of halogens is 1. The van der Waals surface area contributed by atoms with Crippen LogP contribution < -0.4 is 0 Å². The fraction of sp³-hybridized carbons (Fsp3) is 0.478. The first kappa shape index (κ1) is 17.2. The third kappa shape index (κ3) is 2.33. The van der Waals surface area contributed by atoms with Crippen molar-refractivity contribution in [1.82, 2.24) is 9.88 Å². The number of nitrogens with zero attached hydrogens (tertiary/aromatic N) is 1. The molecule has 0 bridgehead atoms. The standard InChI is InChI=1S/C23H25FN2OS/c24-16-4-5-19-18(15-16)17-6-13-27-23(21(17)25-19)9-7-22(8-10-23,26-11-2-12-26)20-3-1-14-28-20/h1,3-5,14-15,25H,2,6-13H2. The van der Waals surface area contributed by atoms with Crippen LogP contribution in [0.1, 0.15) is 48.2 Å². The van der Waals surface area contributed by atoms with Crippen LogP contribution in [0.4, 0.5) is 4.39 Å². The van der Waals surface area contributed by atoms with Crippen molar-refractivity contribution in [3.8, 4) is 0 Å². The van der Waals surface area contributed by atoms with E-state index < -0.39 is 0 Å². The van der Waals surface area contributed by atoms with Crippen molar-refractivity contribution in [3.63, 3.8) is 0 Å². The molecular formula is C23H25FN2OS. The molecule has 1 N–H and O–H groups in total. The number of thiophene rings is 1. The number of H-pyrrole nitrogens is 1. The van der Waals surface area contributed by atoms with Gasteiger partial charge in [-0.15, -0.1) is 11.3 Å². The summed E-state index contributed by atoms with van der Waals surface area (Å²) in [6.07, 6.45) is 6.45. The van der Waals surface area contributed by atoms with Gasteiger partial charge in [-0.05, 0) is 73.7 Å². The lowest BCUT2D eigenvalue weighted by molar-refractivity contribution is -0.125. The minimum absolute atomic E-state index is 0.159. The highest BCUT2D eigenvalue weighted by molar-refractivity contribution is 7.10. The minimum Gasteiger partial charge on any atom is -0.368 e. The highest BCUT2D eigenvalue weighted by atomic mass is 32.1. The van der Waals surface area contributed by atoms with Gasteiger partial charge in [0.1, 0.15) is 11.4 Å². The van der Waals surface area contributed by atoms with Crippen molar-refractivity contribution in [1.29, 1.82) is 0 Å². The quantitative estimate of drug-likeness (QED) is 0.636. The minimum atomic E-state index is -0.241. The molecule has 6 rings (SSSR count). The smallest absolute Gasteiger partial charge is 0.123 e. The van der Waals surface area contributed by atoms with E-state index in [4.69, 9.17) is 4.74 Å². The second-order valence-corrected chi connectivity index (χ2v) is 9.56. The van der Waals surface area contributed by atoms with Crippen LogP contribution in [-0.2, 0) is 22.3 Å². The number of nitrogens with one attached hydrogen (secondary N) is 1. The van der Waals surface area contributed by atoms with Crippen LogP contribution in [0.15, 0.2) is 35.7 Å². The van der Waals surface area contributed by atoms with E-state index in [0.717, 1.165) is 49.6 Å². The van der Waals surface area contributed by atoms with Gasteiger partial charge in [0.2, 0.25) is 0 Å². The van der Waals surface area contributed by atoms with Gasteiger partial charge in [0.15, 0.2) is 0 Å². The summed E-state index contributed by atoms with van der Waals surface area (Å²) in [5.74, 6) is -0.159. The number of aromatic amines is 1. The normalized spacial score (nSPS) is 30.5. The molecule has 0 unspecified atom stereocenters. The Hall–Kier alpha value is -1.69. The molecule has 1 saturated heterocycles. The number of fused-ring (bicyclic) bond motifs is 4. The highest BCUT2D eigenvalue weighted by Crippen LogP contribution is 2.54. The van der Waals surface area contributed by atoms with Gasteiger partial charge in [0, 0.05) is 28.9 Å². The summed E-state index contributed by atoms with van der Waals surface area (Å²) in [7, 11) is 0. The average molecular weight is 397 g/mol. The molecule has 3 aliphatic rings. The topological polar surface area (TPSA) is 28.3 Å². The Morgan fingerprint density at radius 2 is 1.96 bits per heavy atom. The molecule has 0 amide bonds. The third-order valence-electron chi connectivity index (χ3n) is 7.38. The van der Waals surface area contributed by atoms with Crippen molar-refractivity contribution in [2.75, 3.05) is 19.7 Å². The lowest BCUT2D eigenvalue weighted by Gasteiger charge is -2.54. The monoisotopic (exact) mass is 396 g/mol. The number of hydrogen-bond acceptors (Lipinski definition) is 3. The lowest BCUT2D eigenvalue weighted by Crippen LogP contribution is -2.56. The Morgan fingerprint density at radius 1 is 1.11 bits per heavy atom. The predicted octanol–water partition coefficient (Wildman–Crippen LogP) is 5.31. The first-order valence-corrected chi connectivity index (χ1v) is 11.3. The summed E-state index contributed by atoms with van der Waals surface area (Å²) in [5.41, 5.74) is 3.45. The number of rotatable bonds is 2. The summed E-state index contributed by atoms with van der Waals surface area (Å²) in [6, 6.07) is 9.61. The predicted molar refractivity (Wildman–Crippen MR) is 110 cm³/mol. The number of aromatic nitrogens is 1. The van der Waals surface area contributed by atoms with Gasteiger partial charge in [-0.1, -0.05) is 6.07 Å². The molecular weight excluding hydrogens is 371 g/mol. The van der Waals surface area contributed by atoms with Gasteiger partial charge < -0.3 is 9.72 Å². The summed E-state index contributed by atoms with van der Waals surface area (Å²) < 4.78 is 20.4. The van der Waals surface area contributed by atoms with Crippen molar-refractivity contribution < 1.29 is 9.13 Å². The maximum atomic E-state index is 13.9. The fourth-order valence-corrected chi connectivity index (χ4v) is 6.77. The number of ether oxygens (including phenoxy) is 1. The molecule has 28 heavy (non-hydrogen) atoms. The molecule has 0 atom stereocenters. The first-order chi connectivity index (χ1) is 13.7. The van der Waals surface area contributed by atoms with E-state index in [-0.39, 0.29) is 17.0 Å². The average Bonchev–Trinajstić information content (AvgIpc) is 3.32. The molecule has 1 saturated carbocycles. The fourth-order valence-electron chi connectivity index (χ4n) is 5.76. The van der Waals surface area contributed by atoms with Crippen LogP contribution in [0.2, 0.25) is 0 Å². The highest BCUT2D eigenvalue weighted by Gasteiger charge is 2.51. The molecule has 5 heteroatoms.